The van der Waals surface area contributed by atoms with Crippen LogP contribution in [0.3, 0.4) is 0 Å². The fraction of sp³-hybridized carbons (Fsp3) is 0.0556. The molecule has 0 saturated carbocycles. The molecule has 0 spiro atoms. The lowest BCUT2D eigenvalue weighted by molar-refractivity contribution is -0.189. The molecule has 0 amide bonds. The second-order valence-corrected chi connectivity index (χ2v) is 5.35. The van der Waals surface area contributed by atoms with Crippen molar-refractivity contribution < 1.29 is 35.5 Å². The SMILES string of the molecule is Fc1cc(OC(F)(F)c2c(F)cc(-c3ccccn3)cc2F)cc(F)c1F. The van der Waals surface area contributed by atoms with E-state index in [-0.39, 0.29) is 23.4 Å². The zero-order valence-corrected chi connectivity index (χ0v) is 13.1. The molecule has 0 saturated heterocycles. The summed E-state index contributed by atoms with van der Waals surface area (Å²) in [6.07, 6.45) is -3.29. The average Bonchev–Trinajstić information content (AvgIpc) is 2.59. The number of hydrogen-bond donors (Lipinski definition) is 0. The Morgan fingerprint density at radius 3 is 1.89 bits per heavy atom. The number of rotatable bonds is 4. The smallest absolute Gasteiger partial charge is 0.429 e. The van der Waals surface area contributed by atoms with Crippen molar-refractivity contribution in [2.24, 2.45) is 0 Å². The van der Waals surface area contributed by atoms with Crippen LogP contribution in [0.2, 0.25) is 0 Å². The molecule has 0 fully saturated rings. The molecule has 0 N–H and O–H groups in total. The normalized spacial score (nSPS) is 11.5. The Bertz CT molecular complexity index is 946. The van der Waals surface area contributed by atoms with Crippen LogP contribution in [0.5, 0.6) is 5.75 Å². The highest BCUT2D eigenvalue weighted by Crippen LogP contribution is 2.37. The van der Waals surface area contributed by atoms with E-state index in [1.165, 1.54) is 18.3 Å². The van der Waals surface area contributed by atoms with Crippen molar-refractivity contribution in [1.29, 1.82) is 0 Å². The second kappa shape index (κ2) is 6.90. The van der Waals surface area contributed by atoms with Gasteiger partial charge in [-0.05, 0) is 24.3 Å². The fourth-order valence-corrected chi connectivity index (χ4v) is 2.32. The predicted octanol–water partition coefficient (Wildman–Crippen LogP) is 5.57. The average molecular weight is 387 g/mol. The minimum absolute atomic E-state index is 0.107. The third-order valence-electron chi connectivity index (χ3n) is 3.50. The maximum Gasteiger partial charge on any atom is 0.432 e. The quantitative estimate of drug-likeness (QED) is 0.431. The molecule has 0 atom stereocenters. The van der Waals surface area contributed by atoms with Gasteiger partial charge in [-0.1, -0.05) is 6.07 Å². The molecule has 9 heteroatoms. The first-order valence-electron chi connectivity index (χ1n) is 7.31. The van der Waals surface area contributed by atoms with E-state index in [2.05, 4.69) is 9.72 Å². The molecule has 0 unspecified atom stereocenters. The van der Waals surface area contributed by atoms with E-state index in [1.807, 2.05) is 0 Å². The molecule has 27 heavy (non-hydrogen) atoms. The van der Waals surface area contributed by atoms with E-state index < -0.39 is 46.5 Å². The van der Waals surface area contributed by atoms with Crippen molar-refractivity contribution in [1.82, 2.24) is 4.98 Å². The van der Waals surface area contributed by atoms with Gasteiger partial charge in [0.1, 0.15) is 22.9 Å². The molecule has 0 aliphatic rings. The first kappa shape index (κ1) is 18.7. The van der Waals surface area contributed by atoms with E-state index in [0.717, 1.165) is 0 Å². The van der Waals surface area contributed by atoms with Crippen LogP contribution in [0.1, 0.15) is 5.56 Å². The predicted molar refractivity (Wildman–Crippen MR) is 80.4 cm³/mol. The molecule has 140 valence electrons. The van der Waals surface area contributed by atoms with Crippen LogP contribution < -0.4 is 4.74 Å². The second-order valence-electron chi connectivity index (χ2n) is 5.35. The van der Waals surface area contributed by atoms with Crippen molar-refractivity contribution in [2.75, 3.05) is 0 Å². The highest BCUT2D eigenvalue weighted by molar-refractivity contribution is 5.60. The monoisotopic (exact) mass is 387 g/mol. The van der Waals surface area contributed by atoms with Gasteiger partial charge in [-0.15, -0.1) is 0 Å². The van der Waals surface area contributed by atoms with Gasteiger partial charge < -0.3 is 4.74 Å². The summed E-state index contributed by atoms with van der Waals surface area (Å²) >= 11 is 0. The lowest BCUT2D eigenvalue weighted by atomic mass is 10.1. The summed E-state index contributed by atoms with van der Waals surface area (Å²) in [5, 5.41) is 0. The summed E-state index contributed by atoms with van der Waals surface area (Å²) in [7, 11) is 0. The van der Waals surface area contributed by atoms with Gasteiger partial charge in [0.15, 0.2) is 17.5 Å². The Hall–Kier alpha value is -3.10. The number of ether oxygens (including phenoxy) is 1. The van der Waals surface area contributed by atoms with Crippen LogP contribution in [-0.2, 0) is 6.11 Å². The first-order valence-corrected chi connectivity index (χ1v) is 7.31. The molecule has 3 aromatic rings. The third-order valence-corrected chi connectivity index (χ3v) is 3.50. The molecule has 1 aromatic heterocycles. The van der Waals surface area contributed by atoms with Gasteiger partial charge in [0.05, 0.1) is 5.69 Å². The van der Waals surface area contributed by atoms with Crippen molar-refractivity contribution >= 4 is 0 Å². The van der Waals surface area contributed by atoms with Crippen molar-refractivity contribution in [2.45, 2.75) is 6.11 Å². The van der Waals surface area contributed by atoms with Crippen LogP contribution in [0.25, 0.3) is 11.3 Å². The van der Waals surface area contributed by atoms with E-state index in [4.69, 9.17) is 0 Å². The van der Waals surface area contributed by atoms with E-state index in [1.54, 1.807) is 6.07 Å². The molecule has 0 aliphatic heterocycles. The standard InChI is InChI=1S/C18H8F7NO/c19-11-5-9(15-3-1-2-4-26-15)6-12(20)16(11)18(24,25)27-10-7-13(21)17(23)14(22)8-10/h1-8H. The summed E-state index contributed by atoms with van der Waals surface area (Å²) in [5.41, 5.74) is -1.75. The van der Waals surface area contributed by atoms with E-state index in [9.17, 15) is 30.7 Å². The number of nitrogens with zero attached hydrogens (tertiary/aromatic N) is 1. The number of halogens is 7. The largest absolute Gasteiger partial charge is 0.432 e. The molecule has 3 rings (SSSR count). The molecule has 1 heterocycles. The van der Waals surface area contributed by atoms with Gasteiger partial charge in [-0.25, -0.2) is 22.0 Å². The Kier molecular flexibility index (Phi) is 4.77. The molecule has 0 aliphatic carbocycles. The number of aromatic nitrogens is 1. The van der Waals surface area contributed by atoms with Crippen molar-refractivity contribution in [3.63, 3.8) is 0 Å². The van der Waals surface area contributed by atoms with Crippen LogP contribution >= 0.6 is 0 Å². The lowest BCUT2D eigenvalue weighted by Gasteiger charge is -2.20. The van der Waals surface area contributed by atoms with Gasteiger partial charge >= 0.3 is 6.11 Å². The van der Waals surface area contributed by atoms with E-state index in [0.29, 0.717) is 12.1 Å². The van der Waals surface area contributed by atoms with Gasteiger partial charge in [0, 0.05) is 23.9 Å². The van der Waals surface area contributed by atoms with Gasteiger partial charge in [0.25, 0.3) is 0 Å². The number of pyridine rings is 1. The Morgan fingerprint density at radius 2 is 1.37 bits per heavy atom. The lowest BCUT2D eigenvalue weighted by Crippen LogP contribution is -2.25. The molecule has 2 nitrogen and oxygen atoms in total. The topological polar surface area (TPSA) is 22.1 Å². The Labute approximate surface area is 147 Å². The maximum absolute atomic E-state index is 14.2. The minimum Gasteiger partial charge on any atom is -0.429 e. The molecule has 0 bridgehead atoms. The molecule has 2 aromatic carbocycles. The summed E-state index contributed by atoms with van der Waals surface area (Å²) in [5.74, 6) is -9.97. The highest BCUT2D eigenvalue weighted by atomic mass is 19.3. The molecular formula is C18H8F7NO. The van der Waals surface area contributed by atoms with E-state index >= 15 is 0 Å². The summed E-state index contributed by atoms with van der Waals surface area (Å²) in [4.78, 5) is 3.85. The Morgan fingerprint density at radius 1 is 0.778 bits per heavy atom. The number of hydrogen-bond acceptors (Lipinski definition) is 2. The zero-order chi connectivity index (χ0) is 19.8. The van der Waals surface area contributed by atoms with Crippen molar-refractivity contribution in [3.8, 4) is 17.0 Å². The summed E-state index contributed by atoms with van der Waals surface area (Å²) in [6, 6.07) is 5.98. The summed E-state index contributed by atoms with van der Waals surface area (Å²) in [6.45, 7) is 0. The van der Waals surface area contributed by atoms with Crippen LogP contribution in [0, 0.1) is 29.1 Å². The number of alkyl halides is 2. The first-order chi connectivity index (χ1) is 12.7. The van der Waals surface area contributed by atoms with Crippen LogP contribution in [-0.4, -0.2) is 4.98 Å². The summed E-state index contributed by atoms with van der Waals surface area (Å²) < 4.78 is 99.9. The highest BCUT2D eigenvalue weighted by Gasteiger charge is 2.41. The molecular weight excluding hydrogens is 379 g/mol. The third kappa shape index (κ3) is 3.71. The minimum atomic E-state index is -4.63. The van der Waals surface area contributed by atoms with Crippen molar-refractivity contribution in [3.05, 3.63) is 83.3 Å². The van der Waals surface area contributed by atoms with Crippen LogP contribution in [0.4, 0.5) is 30.7 Å². The Balaban J connectivity index is 1.99. The van der Waals surface area contributed by atoms with Gasteiger partial charge in [0.2, 0.25) is 0 Å². The zero-order valence-electron chi connectivity index (χ0n) is 13.1. The van der Waals surface area contributed by atoms with Gasteiger partial charge in [-0.2, -0.15) is 8.78 Å². The maximum atomic E-state index is 14.2. The fourth-order valence-electron chi connectivity index (χ4n) is 2.32. The van der Waals surface area contributed by atoms with Crippen LogP contribution in [0.15, 0.2) is 48.7 Å². The molecule has 0 radical (unpaired) electrons. The van der Waals surface area contributed by atoms with Gasteiger partial charge in [-0.3, -0.25) is 4.98 Å². The number of benzene rings is 2.